The van der Waals surface area contributed by atoms with Crippen LogP contribution in [0.1, 0.15) is 32.1 Å². The topological polar surface area (TPSA) is 71.5 Å². The number of allylic oxidation sites excluding steroid dienone is 4. The van der Waals surface area contributed by atoms with E-state index in [0.29, 0.717) is 5.95 Å². The maximum Gasteiger partial charge on any atom is 0.228 e. The predicted octanol–water partition coefficient (Wildman–Crippen LogP) is 3.32. The van der Waals surface area contributed by atoms with E-state index in [1.165, 1.54) is 25.9 Å². The summed E-state index contributed by atoms with van der Waals surface area (Å²) in [6, 6.07) is 1.88. The van der Waals surface area contributed by atoms with Crippen molar-refractivity contribution in [2.45, 2.75) is 38.2 Å². The summed E-state index contributed by atoms with van der Waals surface area (Å²) in [5.74, 6) is 2.30. The molecular weight excluding hydrogens is 366 g/mol. The molecule has 0 radical (unpaired) electrons. The molecule has 0 amide bonds. The van der Waals surface area contributed by atoms with Gasteiger partial charge < -0.3 is 20.1 Å². The highest BCUT2D eigenvalue weighted by Crippen LogP contribution is 2.17. The van der Waals surface area contributed by atoms with Gasteiger partial charge in [0.1, 0.15) is 18.2 Å². The molecule has 0 bridgehead atoms. The highest BCUT2D eigenvalue weighted by molar-refractivity contribution is 5.44. The van der Waals surface area contributed by atoms with Crippen LogP contribution in [-0.4, -0.2) is 60.4 Å². The van der Waals surface area contributed by atoms with Gasteiger partial charge in [-0.2, -0.15) is 4.98 Å². The molecule has 1 aromatic heterocycles. The van der Waals surface area contributed by atoms with Crippen molar-refractivity contribution >= 4 is 11.8 Å². The molecule has 2 N–H and O–H groups in total. The molecule has 0 aromatic carbocycles. The zero-order chi connectivity index (χ0) is 19.7. The molecule has 29 heavy (non-hydrogen) atoms. The van der Waals surface area contributed by atoms with Crippen molar-refractivity contribution in [3.63, 3.8) is 0 Å². The molecule has 4 rings (SSSR count). The van der Waals surface area contributed by atoms with Gasteiger partial charge in [0, 0.05) is 38.0 Å². The van der Waals surface area contributed by atoms with Crippen molar-refractivity contribution in [1.82, 2.24) is 14.9 Å². The first-order valence-electron chi connectivity index (χ1n) is 10.7. The molecule has 0 spiro atoms. The molecule has 7 heteroatoms. The number of hydrogen-bond donors (Lipinski definition) is 2. The van der Waals surface area contributed by atoms with Crippen LogP contribution in [0.15, 0.2) is 48.0 Å². The van der Waals surface area contributed by atoms with Crippen LogP contribution in [0.4, 0.5) is 11.8 Å². The monoisotopic (exact) mass is 397 g/mol. The minimum absolute atomic E-state index is 0.283. The maximum atomic E-state index is 5.93. The Morgan fingerprint density at radius 1 is 1.21 bits per heavy atom. The average molecular weight is 398 g/mol. The third-order valence-corrected chi connectivity index (χ3v) is 5.41. The van der Waals surface area contributed by atoms with E-state index in [0.717, 1.165) is 62.8 Å². The molecule has 156 valence electrons. The Morgan fingerprint density at radius 3 is 3.00 bits per heavy atom. The fraction of sp³-hybridized carbons (Fsp3) is 0.545. The molecule has 2 saturated heterocycles. The second-order valence-corrected chi connectivity index (χ2v) is 7.67. The van der Waals surface area contributed by atoms with E-state index in [4.69, 9.17) is 9.47 Å². The lowest BCUT2D eigenvalue weighted by molar-refractivity contribution is 0.120. The minimum Gasteiger partial charge on any atom is -0.492 e. The molecule has 2 aliphatic heterocycles. The van der Waals surface area contributed by atoms with Crippen LogP contribution in [0.5, 0.6) is 0 Å². The maximum absolute atomic E-state index is 5.93. The standard InChI is InChI=1S/C22H31N5O2/c1-2-13-27(12-1)14-16-29-19-6-3-5-18(8-9-19)25-22-23-11-10-21(26-22)24-17-20-7-4-15-28-20/h3,6,8-11,20H,1-2,4-5,7,12-17H2,(H2,23,24,25,26). The number of rotatable bonds is 9. The summed E-state index contributed by atoms with van der Waals surface area (Å²) in [6.07, 6.45) is 15.9. The number of nitrogens with zero attached hydrogens (tertiary/aromatic N) is 3. The molecular formula is C22H31N5O2. The zero-order valence-corrected chi connectivity index (χ0v) is 17.0. The fourth-order valence-corrected chi connectivity index (χ4v) is 3.78. The van der Waals surface area contributed by atoms with E-state index in [1.54, 1.807) is 6.20 Å². The van der Waals surface area contributed by atoms with Crippen LogP contribution in [0.2, 0.25) is 0 Å². The van der Waals surface area contributed by atoms with Gasteiger partial charge in [0.15, 0.2) is 0 Å². The quantitative estimate of drug-likeness (QED) is 0.662. The summed E-state index contributed by atoms with van der Waals surface area (Å²) >= 11 is 0. The van der Waals surface area contributed by atoms with Crippen LogP contribution in [0, 0.1) is 0 Å². The van der Waals surface area contributed by atoms with E-state index < -0.39 is 0 Å². The number of aromatic nitrogens is 2. The van der Waals surface area contributed by atoms with Gasteiger partial charge in [-0.05, 0) is 63.1 Å². The molecule has 1 aromatic rings. The zero-order valence-electron chi connectivity index (χ0n) is 17.0. The van der Waals surface area contributed by atoms with Gasteiger partial charge in [-0.1, -0.05) is 6.08 Å². The minimum atomic E-state index is 0.283. The average Bonchev–Trinajstić information content (AvgIpc) is 3.40. The van der Waals surface area contributed by atoms with Crippen LogP contribution in [-0.2, 0) is 9.47 Å². The summed E-state index contributed by atoms with van der Waals surface area (Å²) in [7, 11) is 0. The van der Waals surface area contributed by atoms with Gasteiger partial charge in [-0.25, -0.2) is 4.98 Å². The first kappa shape index (κ1) is 19.9. The van der Waals surface area contributed by atoms with E-state index in [-0.39, 0.29) is 6.10 Å². The van der Waals surface area contributed by atoms with Gasteiger partial charge in [-0.15, -0.1) is 0 Å². The molecule has 3 aliphatic rings. The van der Waals surface area contributed by atoms with E-state index in [9.17, 15) is 0 Å². The normalized spacial score (nSPS) is 22.1. The van der Waals surface area contributed by atoms with E-state index in [2.05, 4.69) is 31.6 Å². The second kappa shape index (κ2) is 10.4. The van der Waals surface area contributed by atoms with Gasteiger partial charge in [-0.3, -0.25) is 4.90 Å². The van der Waals surface area contributed by atoms with Crippen LogP contribution in [0.3, 0.4) is 0 Å². The van der Waals surface area contributed by atoms with E-state index in [1.807, 2.05) is 24.3 Å². The van der Waals surface area contributed by atoms with Crippen LogP contribution in [0.25, 0.3) is 0 Å². The van der Waals surface area contributed by atoms with Crippen LogP contribution >= 0.6 is 0 Å². The van der Waals surface area contributed by atoms with Gasteiger partial charge >= 0.3 is 0 Å². The third kappa shape index (κ3) is 6.30. The molecule has 1 aliphatic carbocycles. The Labute approximate surface area is 172 Å². The van der Waals surface area contributed by atoms with Crippen molar-refractivity contribution in [1.29, 1.82) is 0 Å². The van der Waals surface area contributed by atoms with Crippen molar-refractivity contribution in [3.8, 4) is 0 Å². The smallest absolute Gasteiger partial charge is 0.228 e. The molecule has 7 nitrogen and oxygen atoms in total. The Balaban J connectivity index is 1.27. The number of hydrogen-bond acceptors (Lipinski definition) is 7. The fourth-order valence-electron chi connectivity index (χ4n) is 3.78. The van der Waals surface area contributed by atoms with E-state index >= 15 is 0 Å². The Kier molecular flexibility index (Phi) is 7.15. The third-order valence-electron chi connectivity index (χ3n) is 5.41. The van der Waals surface area contributed by atoms with Crippen molar-refractivity contribution in [3.05, 3.63) is 48.0 Å². The Morgan fingerprint density at radius 2 is 2.14 bits per heavy atom. The number of ether oxygens (including phenoxy) is 2. The first-order chi connectivity index (χ1) is 14.3. The number of nitrogens with one attached hydrogen (secondary N) is 2. The molecule has 1 atom stereocenters. The summed E-state index contributed by atoms with van der Waals surface area (Å²) in [5.41, 5.74) is 1.04. The highest BCUT2D eigenvalue weighted by Gasteiger charge is 2.15. The first-order valence-corrected chi connectivity index (χ1v) is 10.7. The highest BCUT2D eigenvalue weighted by atomic mass is 16.5. The van der Waals surface area contributed by atoms with Crippen molar-refractivity contribution in [2.75, 3.05) is 50.0 Å². The summed E-state index contributed by atoms with van der Waals surface area (Å²) in [5, 5.41) is 6.66. The lowest BCUT2D eigenvalue weighted by atomic mass is 10.2. The summed E-state index contributed by atoms with van der Waals surface area (Å²) in [4.78, 5) is 11.4. The molecule has 3 heterocycles. The Bertz CT molecular complexity index is 749. The lowest BCUT2D eigenvalue weighted by Gasteiger charge is -2.14. The van der Waals surface area contributed by atoms with Crippen molar-refractivity contribution < 1.29 is 9.47 Å². The second-order valence-electron chi connectivity index (χ2n) is 7.67. The Hall–Kier alpha value is -2.38. The number of anilines is 2. The van der Waals surface area contributed by atoms with Gasteiger partial charge in [0.2, 0.25) is 5.95 Å². The predicted molar refractivity (Wildman–Crippen MR) is 115 cm³/mol. The molecule has 2 fully saturated rings. The van der Waals surface area contributed by atoms with Gasteiger partial charge in [0.25, 0.3) is 0 Å². The lowest BCUT2D eigenvalue weighted by Crippen LogP contribution is -2.23. The summed E-state index contributed by atoms with van der Waals surface area (Å²) < 4.78 is 11.6. The van der Waals surface area contributed by atoms with Crippen molar-refractivity contribution in [2.24, 2.45) is 0 Å². The van der Waals surface area contributed by atoms with Gasteiger partial charge in [0.05, 0.1) is 6.10 Å². The van der Waals surface area contributed by atoms with Crippen LogP contribution < -0.4 is 10.6 Å². The summed E-state index contributed by atoms with van der Waals surface area (Å²) in [6.45, 7) is 5.78. The SMILES string of the molecule is C1=CC(OCCN2CCCC2)=CC=C(Nc2nccc(NCC3CCCO3)n2)C1. The molecule has 1 unspecified atom stereocenters. The molecule has 0 saturated carbocycles. The number of likely N-dealkylation sites (tertiary alicyclic amines) is 1. The largest absolute Gasteiger partial charge is 0.492 e.